The quantitative estimate of drug-likeness (QED) is 0.542. The number of benzene rings is 1. The number of piperazine rings is 1. The van der Waals surface area contributed by atoms with Crippen molar-refractivity contribution in [3.63, 3.8) is 0 Å². The number of nitrogens with one attached hydrogen (secondary N) is 1. The molecule has 3 aromatic rings. The van der Waals surface area contributed by atoms with Gasteiger partial charge in [0.05, 0.1) is 22.9 Å². The molecular formula is C22H26FN5O3S. The van der Waals surface area contributed by atoms with Crippen molar-refractivity contribution in [2.24, 2.45) is 0 Å². The minimum atomic E-state index is -0.941. The summed E-state index contributed by atoms with van der Waals surface area (Å²) in [4.78, 5) is 25.1. The van der Waals surface area contributed by atoms with Gasteiger partial charge in [-0.25, -0.2) is 19.2 Å². The van der Waals surface area contributed by atoms with Gasteiger partial charge in [-0.2, -0.15) is 0 Å². The van der Waals surface area contributed by atoms with Crippen molar-refractivity contribution >= 4 is 38.5 Å². The molecule has 1 aliphatic heterocycles. The van der Waals surface area contributed by atoms with Crippen molar-refractivity contribution in [3.05, 3.63) is 47.4 Å². The number of carbonyl (C=O) groups excluding carboxylic acids is 1. The normalized spacial score (nSPS) is 17.6. The molecule has 1 aliphatic rings. The molecule has 1 fully saturated rings. The van der Waals surface area contributed by atoms with Gasteiger partial charge in [0.1, 0.15) is 0 Å². The molecule has 0 bridgehead atoms. The molecule has 8 nitrogen and oxygen atoms in total. The summed E-state index contributed by atoms with van der Waals surface area (Å²) >= 11 is 1.43. The highest BCUT2D eigenvalue weighted by molar-refractivity contribution is 7.22. The van der Waals surface area contributed by atoms with Gasteiger partial charge in [-0.15, -0.1) is 0 Å². The van der Waals surface area contributed by atoms with Crippen LogP contribution in [-0.2, 0) is 6.42 Å². The Hall–Kier alpha value is -2.82. The van der Waals surface area contributed by atoms with E-state index < -0.39 is 11.9 Å². The smallest absolute Gasteiger partial charge is 0.324 e. The van der Waals surface area contributed by atoms with Crippen molar-refractivity contribution in [2.75, 3.05) is 36.5 Å². The molecule has 0 unspecified atom stereocenters. The molecule has 32 heavy (non-hydrogen) atoms. The summed E-state index contributed by atoms with van der Waals surface area (Å²) in [6.45, 7) is 4.83. The first-order valence-corrected chi connectivity index (χ1v) is 11.3. The lowest BCUT2D eigenvalue weighted by molar-refractivity contribution is 0.0954. The Kier molecular flexibility index (Phi) is 6.54. The molecule has 1 saturated heterocycles. The summed E-state index contributed by atoms with van der Waals surface area (Å²) in [7, 11) is 0. The van der Waals surface area contributed by atoms with Crippen LogP contribution in [0.3, 0.4) is 0 Å². The molecule has 170 valence electrons. The maximum Gasteiger partial charge on any atom is 0.324 e. The number of halogens is 1. The second kappa shape index (κ2) is 9.35. The fraction of sp³-hybridized carbons (Fsp3) is 0.409. The van der Waals surface area contributed by atoms with Gasteiger partial charge in [-0.05, 0) is 43.2 Å². The maximum atomic E-state index is 14.6. The van der Waals surface area contributed by atoms with E-state index in [4.69, 9.17) is 5.11 Å². The molecule has 10 heteroatoms. The zero-order chi connectivity index (χ0) is 22.8. The Balaban J connectivity index is 1.39. The van der Waals surface area contributed by atoms with Gasteiger partial charge in [-0.3, -0.25) is 5.32 Å². The zero-order valence-electron chi connectivity index (χ0n) is 18.0. The van der Waals surface area contributed by atoms with Crippen molar-refractivity contribution < 1.29 is 19.4 Å². The maximum absolute atomic E-state index is 14.6. The van der Waals surface area contributed by atoms with E-state index in [0.717, 1.165) is 15.8 Å². The van der Waals surface area contributed by atoms with Crippen LogP contribution in [0.15, 0.2) is 30.5 Å². The van der Waals surface area contributed by atoms with Crippen molar-refractivity contribution in [2.45, 2.75) is 32.4 Å². The first-order valence-electron chi connectivity index (χ1n) is 10.5. The third-order valence-corrected chi connectivity index (χ3v) is 6.46. The number of carbonyl (C=O) groups is 1. The van der Waals surface area contributed by atoms with E-state index in [0.29, 0.717) is 30.3 Å². The van der Waals surface area contributed by atoms with E-state index in [-0.39, 0.29) is 30.9 Å². The van der Waals surface area contributed by atoms with E-state index in [2.05, 4.69) is 15.3 Å². The van der Waals surface area contributed by atoms with Gasteiger partial charge in [0, 0.05) is 38.3 Å². The van der Waals surface area contributed by atoms with Gasteiger partial charge in [0.25, 0.3) is 0 Å². The Labute approximate surface area is 189 Å². The highest BCUT2D eigenvalue weighted by Crippen LogP contribution is 2.27. The number of aliphatic hydroxyl groups excluding tert-OH is 2. The van der Waals surface area contributed by atoms with Crippen LogP contribution < -0.4 is 10.2 Å². The molecule has 0 spiro atoms. The Morgan fingerprint density at radius 3 is 2.91 bits per heavy atom. The highest BCUT2D eigenvalue weighted by atomic mass is 32.1. The molecule has 2 atom stereocenters. The first-order chi connectivity index (χ1) is 15.3. The van der Waals surface area contributed by atoms with Crippen LogP contribution in [0.5, 0.6) is 0 Å². The standard InChI is InChI=1S/C22H26FN5O3S/c1-13-3-4-19-18(7-13)25-21(32-19)26-22(31)28-6-5-27(11-14(28)2)20-17(23)9-15(10-24-20)8-16(30)12-29/h3-4,7,9-10,14,16,29-30H,5-6,8,11-12H2,1-2H3,(H,25,26,31)/t14-,16+/m0/s1. The van der Waals surface area contributed by atoms with E-state index in [9.17, 15) is 14.3 Å². The van der Waals surface area contributed by atoms with Gasteiger partial charge in [0.15, 0.2) is 16.8 Å². The molecule has 2 amide bonds. The molecular weight excluding hydrogens is 433 g/mol. The topological polar surface area (TPSA) is 102 Å². The number of thiazole rings is 1. The van der Waals surface area contributed by atoms with Crippen LogP contribution in [0.2, 0.25) is 0 Å². The summed E-state index contributed by atoms with van der Waals surface area (Å²) in [6.07, 6.45) is 0.704. The number of aliphatic hydroxyl groups is 2. The van der Waals surface area contributed by atoms with Gasteiger partial charge in [0.2, 0.25) is 0 Å². The van der Waals surface area contributed by atoms with Crippen LogP contribution in [0.4, 0.5) is 20.1 Å². The third kappa shape index (κ3) is 4.82. The average Bonchev–Trinajstić information content (AvgIpc) is 3.14. The second-order valence-electron chi connectivity index (χ2n) is 8.10. The predicted octanol–water partition coefficient (Wildman–Crippen LogP) is 2.78. The van der Waals surface area contributed by atoms with Crippen molar-refractivity contribution in [1.29, 1.82) is 0 Å². The third-order valence-electron chi connectivity index (χ3n) is 5.51. The van der Waals surface area contributed by atoms with Gasteiger partial charge < -0.3 is 20.0 Å². The number of hydrogen-bond donors (Lipinski definition) is 3. The molecule has 1 aromatic carbocycles. The summed E-state index contributed by atoms with van der Waals surface area (Å²) in [5.74, 6) is -0.261. The Morgan fingerprint density at radius 1 is 1.38 bits per heavy atom. The molecule has 0 aliphatic carbocycles. The number of fused-ring (bicyclic) bond motifs is 1. The number of urea groups is 1. The number of aromatic nitrogens is 2. The van der Waals surface area contributed by atoms with Crippen molar-refractivity contribution in [1.82, 2.24) is 14.9 Å². The number of aryl methyl sites for hydroxylation is 1. The lowest BCUT2D eigenvalue weighted by Crippen LogP contribution is -2.55. The number of nitrogens with zero attached hydrogens (tertiary/aromatic N) is 4. The summed E-state index contributed by atoms with van der Waals surface area (Å²) in [5.41, 5.74) is 2.49. The van der Waals surface area contributed by atoms with Crippen molar-refractivity contribution in [3.8, 4) is 0 Å². The lowest BCUT2D eigenvalue weighted by Gasteiger charge is -2.40. The SMILES string of the molecule is Cc1ccc2sc(NC(=O)N3CCN(c4ncc(C[C@@H](O)CO)cc4F)C[C@@H]3C)nc2c1. The first kappa shape index (κ1) is 22.4. The van der Waals surface area contributed by atoms with Crippen LogP contribution in [0, 0.1) is 12.7 Å². The van der Waals surface area contributed by atoms with E-state index >= 15 is 0 Å². The summed E-state index contributed by atoms with van der Waals surface area (Å²) < 4.78 is 15.7. The summed E-state index contributed by atoms with van der Waals surface area (Å²) in [5, 5.41) is 21.9. The summed E-state index contributed by atoms with van der Waals surface area (Å²) in [6, 6.07) is 6.95. The van der Waals surface area contributed by atoms with Crippen LogP contribution in [0.1, 0.15) is 18.1 Å². The highest BCUT2D eigenvalue weighted by Gasteiger charge is 2.30. The molecule has 2 aromatic heterocycles. The molecule has 0 saturated carbocycles. The molecule has 0 radical (unpaired) electrons. The molecule has 3 N–H and O–H groups in total. The van der Waals surface area contributed by atoms with Crippen LogP contribution in [-0.4, -0.2) is 69.5 Å². The number of pyridine rings is 1. The van der Waals surface area contributed by atoms with Gasteiger partial charge >= 0.3 is 6.03 Å². The predicted molar refractivity (Wildman–Crippen MR) is 123 cm³/mol. The van der Waals surface area contributed by atoms with E-state index in [1.165, 1.54) is 23.6 Å². The fourth-order valence-electron chi connectivity index (χ4n) is 3.86. The largest absolute Gasteiger partial charge is 0.394 e. The molecule has 4 rings (SSSR count). The number of anilines is 2. The number of amides is 2. The number of hydrogen-bond acceptors (Lipinski definition) is 7. The average molecular weight is 460 g/mol. The number of rotatable bonds is 5. The zero-order valence-corrected chi connectivity index (χ0v) is 18.8. The van der Waals surface area contributed by atoms with E-state index in [1.807, 2.05) is 36.9 Å². The second-order valence-corrected chi connectivity index (χ2v) is 9.13. The van der Waals surface area contributed by atoms with Crippen LogP contribution in [0.25, 0.3) is 10.2 Å². The Bertz CT molecular complexity index is 1120. The van der Waals surface area contributed by atoms with E-state index in [1.54, 1.807) is 4.90 Å². The monoisotopic (exact) mass is 459 g/mol. The molecule has 3 heterocycles. The Morgan fingerprint density at radius 2 is 2.19 bits per heavy atom. The minimum absolute atomic E-state index is 0.135. The lowest BCUT2D eigenvalue weighted by atomic mass is 10.1. The minimum Gasteiger partial charge on any atom is -0.394 e. The van der Waals surface area contributed by atoms with Crippen LogP contribution >= 0.6 is 11.3 Å². The fourth-order valence-corrected chi connectivity index (χ4v) is 4.69. The van der Waals surface area contributed by atoms with Gasteiger partial charge in [-0.1, -0.05) is 17.4 Å².